The van der Waals surface area contributed by atoms with Gasteiger partial charge in [-0.2, -0.15) is 0 Å². The number of nitrogen functional groups attached to an aromatic ring is 1. The van der Waals surface area contributed by atoms with E-state index in [0.717, 1.165) is 10.8 Å². The summed E-state index contributed by atoms with van der Waals surface area (Å²) in [4.78, 5) is 14.7. The topological polar surface area (TPSA) is 55.6 Å². The number of carbonyl (C=O) groups excluding carboxylic acids is 1. The van der Waals surface area contributed by atoms with Gasteiger partial charge in [0.2, 0.25) is 0 Å². The molecular formula is C17H20N2O2. The SMILES string of the molecule is CC1(C)COCCN1C(=O)c1cc2ccccc2cc1N. The van der Waals surface area contributed by atoms with E-state index < -0.39 is 0 Å². The molecule has 1 aliphatic rings. The van der Waals surface area contributed by atoms with Gasteiger partial charge in [0.15, 0.2) is 0 Å². The largest absolute Gasteiger partial charge is 0.398 e. The first kappa shape index (κ1) is 13.9. The molecule has 1 aliphatic heterocycles. The third kappa shape index (κ3) is 2.47. The molecule has 2 aromatic carbocycles. The lowest BCUT2D eigenvalue weighted by Gasteiger charge is -2.42. The van der Waals surface area contributed by atoms with E-state index in [4.69, 9.17) is 10.5 Å². The number of anilines is 1. The third-order valence-electron chi connectivity index (χ3n) is 4.04. The van der Waals surface area contributed by atoms with Gasteiger partial charge in [-0.25, -0.2) is 0 Å². The molecule has 2 N–H and O–H groups in total. The van der Waals surface area contributed by atoms with E-state index in [-0.39, 0.29) is 11.4 Å². The Kier molecular flexibility index (Phi) is 3.33. The standard InChI is InChI=1S/C17H20N2O2/c1-17(2)11-21-8-7-19(17)16(20)14-9-12-5-3-4-6-13(12)10-15(14)18/h3-6,9-10H,7-8,11,18H2,1-2H3. The van der Waals surface area contributed by atoms with Crippen LogP contribution in [0.3, 0.4) is 0 Å². The molecule has 4 heteroatoms. The van der Waals surface area contributed by atoms with Crippen LogP contribution < -0.4 is 5.73 Å². The number of rotatable bonds is 1. The maximum atomic E-state index is 12.9. The first-order chi connectivity index (χ1) is 9.99. The van der Waals surface area contributed by atoms with Gasteiger partial charge < -0.3 is 15.4 Å². The smallest absolute Gasteiger partial charge is 0.256 e. The number of amides is 1. The number of nitrogens with two attached hydrogens (primary N) is 1. The van der Waals surface area contributed by atoms with Crippen LogP contribution in [0.25, 0.3) is 10.8 Å². The molecule has 0 saturated carbocycles. The van der Waals surface area contributed by atoms with Gasteiger partial charge in [-0.1, -0.05) is 24.3 Å². The Morgan fingerprint density at radius 2 is 1.90 bits per heavy atom. The molecule has 0 aromatic heterocycles. The Morgan fingerprint density at radius 3 is 2.57 bits per heavy atom. The molecular weight excluding hydrogens is 264 g/mol. The van der Waals surface area contributed by atoms with Crippen molar-refractivity contribution in [2.24, 2.45) is 0 Å². The van der Waals surface area contributed by atoms with Gasteiger partial charge in [0.25, 0.3) is 5.91 Å². The molecule has 1 saturated heterocycles. The highest BCUT2D eigenvalue weighted by molar-refractivity contribution is 6.04. The van der Waals surface area contributed by atoms with E-state index in [1.54, 1.807) is 0 Å². The van der Waals surface area contributed by atoms with Gasteiger partial charge >= 0.3 is 0 Å². The van der Waals surface area contributed by atoms with Crippen LogP contribution in [0, 0.1) is 0 Å². The number of hydrogen-bond donors (Lipinski definition) is 1. The van der Waals surface area contributed by atoms with Crippen LogP contribution in [0.1, 0.15) is 24.2 Å². The number of ether oxygens (including phenoxy) is 1. The number of hydrogen-bond acceptors (Lipinski definition) is 3. The Labute approximate surface area is 124 Å². The van der Waals surface area contributed by atoms with E-state index in [1.807, 2.05) is 55.1 Å². The lowest BCUT2D eigenvalue weighted by Crippen LogP contribution is -2.55. The second-order valence-electron chi connectivity index (χ2n) is 6.11. The highest BCUT2D eigenvalue weighted by Gasteiger charge is 2.35. The number of fused-ring (bicyclic) bond motifs is 1. The minimum absolute atomic E-state index is 0.0217. The van der Waals surface area contributed by atoms with Crippen LogP contribution >= 0.6 is 0 Å². The van der Waals surface area contributed by atoms with Crippen LogP contribution in [-0.4, -0.2) is 36.1 Å². The fourth-order valence-electron chi connectivity index (χ4n) is 2.82. The summed E-state index contributed by atoms with van der Waals surface area (Å²) < 4.78 is 5.48. The average Bonchev–Trinajstić information content (AvgIpc) is 2.45. The van der Waals surface area contributed by atoms with Crippen molar-refractivity contribution in [1.29, 1.82) is 0 Å². The summed E-state index contributed by atoms with van der Waals surface area (Å²) in [5, 5.41) is 2.08. The van der Waals surface area contributed by atoms with Crippen molar-refractivity contribution in [3.63, 3.8) is 0 Å². The van der Waals surface area contributed by atoms with Gasteiger partial charge in [0.05, 0.1) is 24.3 Å². The molecule has 0 radical (unpaired) electrons. The van der Waals surface area contributed by atoms with Crippen molar-refractivity contribution in [3.8, 4) is 0 Å². The molecule has 0 unspecified atom stereocenters. The zero-order chi connectivity index (χ0) is 15.0. The summed E-state index contributed by atoms with van der Waals surface area (Å²) >= 11 is 0. The van der Waals surface area contributed by atoms with Crippen molar-refractivity contribution in [1.82, 2.24) is 4.90 Å². The molecule has 0 aliphatic carbocycles. The Hall–Kier alpha value is -2.07. The van der Waals surface area contributed by atoms with Crippen molar-refractivity contribution >= 4 is 22.4 Å². The Bertz CT molecular complexity index is 694. The molecule has 2 aromatic rings. The second kappa shape index (κ2) is 5.04. The van der Waals surface area contributed by atoms with Gasteiger partial charge in [0, 0.05) is 12.2 Å². The summed E-state index contributed by atoms with van der Waals surface area (Å²) in [6.07, 6.45) is 0. The van der Waals surface area contributed by atoms with E-state index in [9.17, 15) is 4.79 Å². The van der Waals surface area contributed by atoms with E-state index in [2.05, 4.69) is 0 Å². The maximum absolute atomic E-state index is 12.9. The van der Waals surface area contributed by atoms with Gasteiger partial charge in [-0.15, -0.1) is 0 Å². The zero-order valence-corrected chi connectivity index (χ0v) is 12.4. The van der Waals surface area contributed by atoms with Gasteiger partial charge in [-0.05, 0) is 36.8 Å². The van der Waals surface area contributed by atoms with Crippen LogP contribution in [0.2, 0.25) is 0 Å². The molecule has 0 spiro atoms. The first-order valence-corrected chi connectivity index (χ1v) is 7.17. The maximum Gasteiger partial charge on any atom is 0.256 e. The molecule has 0 bridgehead atoms. The summed E-state index contributed by atoms with van der Waals surface area (Å²) in [6, 6.07) is 11.7. The average molecular weight is 284 g/mol. The third-order valence-corrected chi connectivity index (χ3v) is 4.04. The second-order valence-corrected chi connectivity index (χ2v) is 6.11. The van der Waals surface area contributed by atoms with Crippen LogP contribution in [0.15, 0.2) is 36.4 Å². The van der Waals surface area contributed by atoms with Crippen LogP contribution in [0.5, 0.6) is 0 Å². The first-order valence-electron chi connectivity index (χ1n) is 7.17. The summed E-state index contributed by atoms with van der Waals surface area (Å²) in [6.45, 7) is 5.75. The van der Waals surface area contributed by atoms with Crippen molar-refractivity contribution in [2.75, 3.05) is 25.5 Å². The minimum Gasteiger partial charge on any atom is -0.398 e. The summed E-state index contributed by atoms with van der Waals surface area (Å²) in [7, 11) is 0. The highest BCUT2D eigenvalue weighted by Crippen LogP contribution is 2.27. The summed E-state index contributed by atoms with van der Waals surface area (Å²) in [5.74, 6) is -0.0217. The molecule has 1 heterocycles. The molecule has 3 rings (SSSR count). The predicted octanol–water partition coefficient (Wildman–Crippen LogP) is 2.67. The number of morpholine rings is 1. The minimum atomic E-state index is -0.312. The van der Waals surface area contributed by atoms with Gasteiger partial charge in [0.1, 0.15) is 0 Å². The fraction of sp³-hybridized carbons (Fsp3) is 0.353. The summed E-state index contributed by atoms with van der Waals surface area (Å²) in [5.41, 5.74) is 6.89. The van der Waals surface area contributed by atoms with Crippen LogP contribution in [0.4, 0.5) is 5.69 Å². The number of nitrogens with zero attached hydrogens (tertiary/aromatic N) is 1. The normalized spacial score (nSPS) is 17.9. The van der Waals surface area contributed by atoms with Gasteiger partial charge in [-0.3, -0.25) is 4.79 Å². The zero-order valence-electron chi connectivity index (χ0n) is 12.4. The fourth-order valence-corrected chi connectivity index (χ4v) is 2.82. The molecule has 21 heavy (non-hydrogen) atoms. The Morgan fingerprint density at radius 1 is 1.24 bits per heavy atom. The van der Waals surface area contributed by atoms with E-state index in [1.165, 1.54) is 0 Å². The monoisotopic (exact) mass is 284 g/mol. The lowest BCUT2D eigenvalue weighted by atomic mass is 9.99. The molecule has 110 valence electrons. The molecule has 0 atom stereocenters. The van der Waals surface area contributed by atoms with Crippen LogP contribution in [-0.2, 0) is 4.74 Å². The molecule has 1 fully saturated rings. The predicted molar refractivity (Wildman–Crippen MR) is 84.3 cm³/mol. The quantitative estimate of drug-likeness (QED) is 0.819. The number of benzene rings is 2. The highest BCUT2D eigenvalue weighted by atomic mass is 16.5. The molecule has 1 amide bonds. The Balaban J connectivity index is 2.03. The van der Waals surface area contributed by atoms with E-state index >= 15 is 0 Å². The molecule has 4 nitrogen and oxygen atoms in total. The van der Waals surface area contributed by atoms with Crippen molar-refractivity contribution in [3.05, 3.63) is 42.0 Å². The van der Waals surface area contributed by atoms with E-state index in [0.29, 0.717) is 31.0 Å². The number of carbonyl (C=O) groups is 1. The van der Waals surface area contributed by atoms with Crippen molar-refractivity contribution < 1.29 is 9.53 Å². The lowest BCUT2D eigenvalue weighted by molar-refractivity contribution is -0.0370. The van der Waals surface area contributed by atoms with Crippen molar-refractivity contribution in [2.45, 2.75) is 19.4 Å².